The first-order valence-electron chi connectivity index (χ1n) is 10.1. The molecule has 3 aromatic carbocycles. The molecular weight excluding hydrogens is 389 g/mol. The van der Waals surface area contributed by atoms with Crippen LogP contribution in [0.4, 0.5) is 10.1 Å². The van der Waals surface area contributed by atoms with Gasteiger partial charge in [0.1, 0.15) is 17.9 Å². The fraction of sp³-hybridized carbons (Fsp3) is 0.160. The van der Waals surface area contributed by atoms with E-state index >= 15 is 0 Å². The molecule has 0 radical (unpaired) electrons. The summed E-state index contributed by atoms with van der Waals surface area (Å²) >= 11 is 0. The van der Waals surface area contributed by atoms with Crippen LogP contribution in [0.25, 0.3) is 11.4 Å². The highest BCUT2D eigenvalue weighted by atomic mass is 19.1. The topological polar surface area (TPSA) is 66.5 Å². The third-order valence-corrected chi connectivity index (χ3v) is 5.18. The van der Waals surface area contributed by atoms with E-state index in [0.717, 1.165) is 17.5 Å². The molecule has 1 heterocycles. The predicted octanol–water partition coefficient (Wildman–Crippen LogP) is 5.26. The average molecular weight is 411 g/mol. The predicted molar refractivity (Wildman–Crippen MR) is 119 cm³/mol. The van der Waals surface area contributed by atoms with Gasteiger partial charge in [-0.2, -0.15) is 10.4 Å². The van der Waals surface area contributed by atoms with Gasteiger partial charge in [-0.1, -0.05) is 61.5 Å². The van der Waals surface area contributed by atoms with Crippen LogP contribution in [0, 0.1) is 17.1 Å². The largest absolute Gasteiger partial charge is 0.371 e. The molecule has 5 nitrogen and oxygen atoms in total. The first-order chi connectivity index (χ1) is 15.1. The Morgan fingerprint density at radius 1 is 1.06 bits per heavy atom. The number of nitrogens with zero attached hydrogens (tertiary/aromatic N) is 4. The van der Waals surface area contributed by atoms with E-state index in [0.29, 0.717) is 17.3 Å². The van der Waals surface area contributed by atoms with Crippen LogP contribution in [0.5, 0.6) is 0 Å². The number of hydrogen-bond donors (Lipinski definition) is 1. The number of aryl methyl sites for hydroxylation is 2. The molecule has 0 aliphatic carbocycles. The van der Waals surface area contributed by atoms with E-state index in [-0.39, 0.29) is 11.6 Å². The van der Waals surface area contributed by atoms with Crippen LogP contribution in [-0.2, 0) is 13.5 Å². The van der Waals surface area contributed by atoms with Crippen molar-refractivity contribution in [2.75, 3.05) is 5.32 Å². The fourth-order valence-corrected chi connectivity index (χ4v) is 3.51. The van der Waals surface area contributed by atoms with Gasteiger partial charge in [0, 0.05) is 18.3 Å². The van der Waals surface area contributed by atoms with Crippen molar-refractivity contribution in [3.8, 4) is 17.5 Å². The monoisotopic (exact) mass is 411 g/mol. The second kappa shape index (κ2) is 8.80. The highest BCUT2D eigenvalue weighted by Gasteiger charge is 2.22. The summed E-state index contributed by atoms with van der Waals surface area (Å²) in [6.07, 6.45) is 0.903. The van der Waals surface area contributed by atoms with E-state index in [1.807, 2.05) is 55.6 Å². The van der Waals surface area contributed by atoms with Gasteiger partial charge in [-0.15, -0.1) is 0 Å². The van der Waals surface area contributed by atoms with Crippen molar-refractivity contribution in [2.24, 2.45) is 7.05 Å². The average Bonchev–Trinajstić information content (AvgIpc) is 3.19. The lowest BCUT2D eigenvalue weighted by molar-refractivity contribution is 0.623. The molecule has 0 fully saturated rings. The maximum absolute atomic E-state index is 14.2. The first-order valence-corrected chi connectivity index (χ1v) is 10.1. The van der Waals surface area contributed by atoms with Crippen LogP contribution in [0.1, 0.15) is 35.5 Å². The number of halogens is 1. The van der Waals surface area contributed by atoms with Crippen molar-refractivity contribution in [3.05, 3.63) is 101 Å². The summed E-state index contributed by atoms with van der Waals surface area (Å²) in [4.78, 5) is 4.81. The van der Waals surface area contributed by atoms with Crippen molar-refractivity contribution in [1.82, 2.24) is 14.8 Å². The summed E-state index contributed by atoms with van der Waals surface area (Å²) in [5.41, 5.74) is 3.70. The first kappa shape index (κ1) is 20.3. The summed E-state index contributed by atoms with van der Waals surface area (Å²) in [6, 6.07) is 24.0. The van der Waals surface area contributed by atoms with Crippen molar-refractivity contribution < 1.29 is 4.39 Å². The lowest BCUT2D eigenvalue weighted by Gasteiger charge is -2.20. The normalized spacial score (nSPS) is 11.7. The SMILES string of the molecule is CCc1cccc(C(Nc2ccc(C#N)c(F)c2)c2nc(-c3ccccc3)nn2C)c1. The van der Waals surface area contributed by atoms with E-state index in [9.17, 15) is 4.39 Å². The van der Waals surface area contributed by atoms with Crippen molar-refractivity contribution in [2.45, 2.75) is 19.4 Å². The molecule has 0 amide bonds. The van der Waals surface area contributed by atoms with Gasteiger partial charge in [0.15, 0.2) is 11.6 Å². The molecular formula is C25H22FN5. The van der Waals surface area contributed by atoms with Crippen LogP contribution >= 0.6 is 0 Å². The third-order valence-electron chi connectivity index (χ3n) is 5.18. The Bertz CT molecular complexity index is 1240. The fourth-order valence-electron chi connectivity index (χ4n) is 3.51. The number of benzene rings is 3. The molecule has 31 heavy (non-hydrogen) atoms. The van der Waals surface area contributed by atoms with E-state index in [1.165, 1.54) is 17.7 Å². The van der Waals surface area contributed by atoms with E-state index in [2.05, 4.69) is 29.5 Å². The van der Waals surface area contributed by atoms with Crippen molar-refractivity contribution in [3.63, 3.8) is 0 Å². The zero-order valence-electron chi connectivity index (χ0n) is 17.4. The van der Waals surface area contributed by atoms with Crippen LogP contribution < -0.4 is 5.32 Å². The molecule has 0 aliphatic heterocycles. The Labute approximate surface area is 180 Å². The van der Waals surface area contributed by atoms with Crippen LogP contribution in [-0.4, -0.2) is 14.8 Å². The van der Waals surface area contributed by atoms with E-state index in [4.69, 9.17) is 10.2 Å². The van der Waals surface area contributed by atoms with Crippen LogP contribution in [0.3, 0.4) is 0 Å². The van der Waals surface area contributed by atoms with Gasteiger partial charge in [0.2, 0.25) is 0 Å². The Balaban J connectivity index is 1.78. The zero-order chi connectivity index (χ0) is 21.8. The number of rotatable bonds is 6. The quantitative estimate of drug-likeness (QED) is 0.470. The molecule has 0 saturated carbocycles. The molecule has 0 bridgehead atoms. The highest BCUT2D eigenvalue weighted by Crippen LogP contribution is 2.29. The standard InChI is InChI=1S/C25H22FN5/c1-3-17-8-7-11-19(14-17)23(28-21-13-12-20(16-27)22(26)15-21)25-29-24(30-31(25)2)18-9-5-4-6-10-18/h4-15,23,28H,3H2,1-2H3. The maximum Gasteiger partial charge on any atom is 0.181 e. The van der Waals surface area contributed by atoms with Crippen molar-refractivity contribution in [1.29, 1.82) is 5.26 Å². The summed E-state index contributed by atoms with van der Waals surface area (Å²) in [7, 11) is 1.85. The summed E-state index contributed by atoms with van der Waals surface area (Å²) in [5, 5.41) is 17.0. The number of nitrogens with one attached hydrogen (secondary N) is 1. The Morgan fingerprint density at radius 2 is 1.87 bits per heavy atom. The third kappa shape index (κ3) is 4.31. The van der Waals surface area contributed by atoms with Gasteiger partial charge < -0.3 is 5.32 Å². The molecule has 0 spiro atoms. The number of anilines is 1. The minimum Gasteiger partial charge on any atom is -0.371 e. The second-order valence-corrected chi connectivity index (χ2v) is 7.27. The Morgan fingerprint density at radius 3 is 2.58 bits per heavy atom. The molecule has 0 saturated heterocycles. The van der Waals surface area contributed by atoms with Gasteiger partial charge in [-0.05, 0) is 35.7 Å². The molecule has 1 N–H and O–H groups in total. The molecule has 1 unspecified atom stereocenters. The summed E-state index contributed by atoms with van der Waals surface area (Å²) in [5.74, 6) is 0.774. The number of aromatic nitrogens is 3. The highest BCUT2D eigenvalue weighted by molar-refractivity contribution is 5.56. The van der Waals surface area contributed by atoms with E-state index < -0.39 is 5.82 Å². The minimum atomic E-state index is -0.559. The molecule has 4 rings (SSSR count). The minimum absolute atomic E-state index is 0.0140. The van der Waals surface area contributed by atoms with Gasteiger partial charge >= 0.3 is 0 Å². The van der Waals surface area contributed by atoms with Gasteiger partial charge in [-0.3, -0.25) is 4.68 Å². The van der Waals surface area contributed by atoms with Crippen LogP contribution in [0.2, 0.25) is 0 Å². The van der Waals surface area contributed by atoms with Gasteiger partial charge in [0.25, 0.3) is 0 Å². The Kier molecular flexibility index (Phi) is 5.76. The zero-order valence-corrected chi connectivity index (χ0v) is 17.4. The molecule has 0 aliphatic rings. The second-order valence-electron chi connectivity index (χ2n) is 7.27. The molecule has 154 valence electrons. The van der Waals surface area contributed by atoms with Gasteiger partial charge in [0.05, 0.1) is 5.56 Å². The van der Waals surface area contributed by atoms with Crippen LogP contribution in [0.15, 0.2) is 72.8 Å². The lowest BCUT2D eigenvalue weighted by Crippen LogP contribution is -2.17. The van der Waals surface area contributed by atoms with E-state index in [1.54, 1.807) is 10.7 Å². The summed E-state index contributed by atoms with van der Waals surface area (Å²) < 4.78 is 16.0. The molecule has 6 heteroatoms. The molecule has 1 aromatic heterocycles. The number of nitriles is 1. The van der Waals surface area contributed by atoms with Crippen molar-refractivity contribution >= 4 is 5.69 Å². The molecule has 1 atom stereocenters. The number of hydrogen-bond acceptors (Lipinski definition) is 4. The molecule has 4 aromatic rings. The Hall–Kier alpha value is -3.98. The summed E-state index contributed by atoms with van der Waals surface area (Å²) in [6.45, 7) is 2.10. The lowest BCUT2D eigenvalue weighted by atomic mass is 10.0. The smallest absolute Gasteiger partial charge is 0.181 e. The van der Waals surface area contributed by atoms with Gasteiger partial charge in [-0.25, -0.2) is 9.37 Å². The maximum atomic E-state index is 14.2.